The van der Waals surface area contributed by atoms with E-state index in [1.165, 1.54) is 0 Å². The first-order chi connectivity index (χ1) is 6.72. The smallest absolute Gasteiger partial charge is 0.0587 e. The molecule has 1 rings (SSSR count). The molecule has 4 heteroatoms. The minimum Gasteiger partial charge on any atom is -0.384 e. The number of hydrogen-bond acceptors (Lipinski definition) is 2. The fourth-order valence-corrected chi connectivity index (χ4v) is 1.85. The van der Waals surface area contributed by atoms with Crippen molar-refractivity contribution in [2.75, 3.05) is 13.7 Å². The summed E-state index contributed by atoms with van der Waals surface area (Å²) in [5.41, 5.74) is 1.12. The Morgan fingerprint density at radius 1 is 1.50 bits per heavy atom. The average Bonchev–Trinajstić information content (AvgIpc) is 2.17. The van der Waals surface area contributed by atoms with Crippen LogP contribution in [0.3, 0.4) is 0 Å². The average molecular weight is 323 g/mol. The van der Waals surface area contributed by atoms with Crippen LogP contribution in [0.2, 0.25) is 0 Å². The zero-order valence-electron chi connectivity index (χ0n) is 8.04. The van der Waals surface area contributed by atoms with E-state index in [9.17, 15) is 0 Å². The van der Waals surface area contributed by atoms with Gasteiger partial charge in [-0.1, -0.05) is 15.9 Å². The van der Waals surface area contributed by atoms with Crippen molar-refractivity contribution in [2.24, 2.45) is 0 Å². The summed E-state index contributed by atoms with van der Waals surface area (Å²) in [7, 11) is 1.71. The molecule has 0 saturated carbocycles. The Kier molecular flexibility index (Phi) is 5.67. The number of pyridine rings is 1. The van der Waals surface area contributed by atoms with Crippen LogP contribution in [0.1, 0.15) is 12.1 Å². The van der Waals surface area contributed by atoms with Gasteiger partial charge in [0.05, 0.1) is 6.61 Å². The molecule has 0 aliphatic rings. The number of alkyl halides is 1. The van der Waals surface area contributed by atoms with Crippen molar-refractivity contribution < 1.29 is 4.74 Å². The molecule has 1 aromatic heterocycles. The Labute approximate surface area is 101 Å². The third-order valence-corrected chi connectivity index (χ3v) is 3.04. The minimum atomic E-state index is 0.415. The van der Waals surface area contributed by atoms with E-state index in [0.29, 0.717) is 4.83 Å². The fourth-order valence-electron chi connectivity index (χ4n) is 1.12. The molecule has 0 N–H and O–H groups in total. The number of ether oxygens (including phenoxy) is 1. The molecular formula is C10H13Br2NO. The van der Waals surface area contributed by atoms with E-state index >= 15 is 0 Å². The fraction of sp³-hybridized carbons (Fsp3) is 0.500. The number of aryl methyl sites for hydroxylation is 1. The summed E-state index contributed by atoms with van der Waals surface area (Å²) < 4.78 is 6.06. The number of rotatable bonds is 5. The minimum absolute atomic E-state index is 0.415. The van der Waals surface area contributed by atoms with Crippen molar-refractivity contribution in [3.8, 4) is 0 Å². The van der Waals surface area contributed by atoms with Crippen LogP contribution in [0.25, 0.3) is 0 Å². The molecule has 2 nitrogen and oxygen atoms in total. The van der Waals surface area contributed by atoms with Gasteiger partial charge in [0.25, 0.3) is 0 Å². The molecule has 0 aromatic carbocycles. The number of hydrogen-bond donors (Lipinski definition) is 0. The lowest BCUT2D eigenvalue weighted by Gasteiger charge is -2.07. The summed E-state index contributed by atoms with van der Waals surface area (Å²) in [4.78, 5) is 4.72. The van der Waals surface area contributed by atoms with E-state index in [1.807, 2.05) is 18.3 Å². The second-order valence-electron chi connectivity index (χ2n) is 3.06. The number of halogens is 2. The second kappa shape index (κ2) is 6.53. The molecule has 0 spiro atoms. The number of aromatic nitrogens is 1. The maximum Gasteiger partial charge on any atom is 0.0587 e. The highest BCUT2D eigenvalue weighted by Gasteiger charge is 2.04. The Hall–Kier alpha value is 0.0700. The number of methoxy groups -OCH3 is 1. The molecule has 1 aromatic rings. The summed E-state index contributed by atoms with van der Waals surface area (Å²) in [5.74, 6) is 0. The van der Waals surface area contributed by atoms with Gasteiger partial charge in [-0.15, -0.1) is 0 Å². The predicted octanol–water partition coefficient (Wildman–Crippen LogP) is 3.19. The molecule has 1 unspecified atom stereocenters. The van der Waals surface area contributed by atoms with Crippen molar-refractivity contribution in [1.29, 1.82) is 0 Å². The second-order valence-corrected chi connectivity index (χ2v) is 5.27. The van der Waals surface area contributed by atoms with Gasteiger partial charge in [-0.25, -0.2) is 0 Å². The first-order valence-electron chi connectivity index (χ1n) is 4.46. The summed E-state index contributed by atoms with van der Waals surface area (Å²) >= 11 is 6.91. The van der Waals surface area contributed by atoms with Crippen LogP contribution in [-0.2, 0) is 11.2 Å². The zero-order chi connectivity index (χ0) is 10.4. The SMILES string of the molecule is COCC(Br)CCc1ccc(Br)cn1. The summed E-state index contributed by atoms with van der Waals surface area (Å²) in [6.45, 7) is 0.747. The Morgan fingerprint density at radius 3 is 2.86 bits per heavy atom. The van der Waals surface area contributed by atoms with Gasteiger partial charge in [0.2, 0.25) is 0 Å². The molecule has 0 aliphatic heterocycles. The highest BCUT2D eigenvalue weighted by Crippen LogP contribution is 2.12. The van der Waals surface area contributed by atoms with Crippen LogP contribution < -0.4 is 0 Å². The van der Waals surface area contributed by atoms with Crippen molar-refractivity contribution in [3.05, 3.63) is 28.5 Å². The van der Waals surface area contributed by atoms with Gasteiger partial charge in [-0.2, -0.15) is 0 Å². The van der Waals surface area contributed by atoms with Crippen LogP contribution >= 0.6 is 31.9 Å². The molecule has 78 valence electrons. The van der Waals surface area contributed by atoms with Crippen LogP contribution in [0.15, 0.2) is 22.8 Å². The lowest BCUT2D eigenvalue weighted by Crippen LogP contribution is -2.08. The van der Waals surface area contributed by atoms with Crippen molar-refractivity contribution in [1.82, 2.24) is 4.98 Å². The molecule has 0 saturated heterocycles. The van der Waals surface area contributed by atoms with E-state index < -0.39 is 0 Å². The largest absolute Gasteiger partial charge is 0.384 e. The zero-order valence-corrected chi connectivity index (χ0v) is 11.2. The Balaban J connectivity index is 2.34. The molecule has 0 fully saturated rings. The van der Waals surface area contributed by atoms with Gasteiger partial charge >= 0.3 is 0 Å². The highest BCUT2D eigenvalue weighted by atomic mass is 79.9. The van der Waals surface area contributed by atoms with E-state index in [0.717, 1.165) is 29.6 Å². The number of nitrogens with zero attached hydrogens (tertiary/aromatic N) is 1. The van der Waals surface area contributed by atoms with E-state index in [1.54, 1.807) is 7.11 Å². The van der Waals surface area contributed by atoms with Crippen LogP contribution in [0.5, 0.6) is 0 Å². The summed E-state index contributed by atoms with van der Waals surface area (Å²) in [5, 5.41) is 0. The monoisotopic (exact) mass is 321 g/mol. The summed E-state index contributed by atoms with van der Waals surface area (Å²) in [6, 6.07) is 4.05. The molecule has 0 aliphatic carbocycles. The lowest BCUT2D eigenvalue weighted by atomic mass is 10.2. The van der Waals surface area contributed by atoms with Crippen molar-refractivity contribution in [3.63, 3.8) is 0 Å². The predicted molar refractivity (Wildman–Crippen MR) is 64.8 cm³/mol. The van der Waals surface area contributed by atoms with Gasteiger partial charge in [0.1, 0.15) is 0 Å². The van der Waals surface area contributed by atoms with Gasteiger partial charge in [0.15, 0.2) is 0 Å². The van der Waals surface area contributed by atoms with Crippen LogP contribution in [0, 0.1) is 0 Å². The van der Waals surface area contributed by atoms with Gasteiger partial charge in [0, 0.05) is 28.3 Å². The summed E-state index contributed by atoms with van der Waals surface area (Å²) in [6.07, 6.45) is 3.85. The standard InChI is InChI=1S/C10H13Br2NO/c1-14-7-9(12)3-5-10-4-2-8(11)6-13-10/h2,4,6,9H,3,5,7H2,1H3. The molecule has 1 heterocycles. The molecular weight excluding hydrogens is 310 g/mol. The van der Waals surface area contributed by atoms with Crippen LogP contribution in [-0.4, -0.2) is 23.5 Å². The maximum absolute atomic E-state index is 5.04. The van der Waals surface area contributed by atoms with Crippen LogP contribution in [0.4, 0.5) is 0 Å². The maximum atomic E-state index is 5.04. The highest BCUT2D eigenvalue weighted by molar-refractivity contribution is 9.10. The Morgan fingerprint density at radius 2 is 2.29 bits per heavy atom. The topological polar surface area (TPSA) is 22.1 Å². The first kappa shape index (κ1) is 12.1. The molecule has 1 atom stereocenters. The van der Waals surface area contributed by atoms with Gasteiger partial charge in [-0.05, 0) is 40.9 Å². The first-order valence-corrected chi connectivity index (χ1v) is 6.16. The third kappa shape index (κ3) is 4.53. The van der Waals surface area contributed by atoms with E-state index in [4.69, 9.17) is 4.74 Å². The van der Waals surface area contributed by atoms with E-state index in [-0.39, 0.29) is 0 Å². The quantitative estimate of drug-likeness (QED) is 0.777. The van der Waals surface area contributed by atoms with Gasteiger partial charge in [-0.3, -0.25) is 4.98 Å². The Bertz CT molecular complexity index is 263. The normalized spacial score (nSPS) is 12.8. The molecule has 0 radical (unpaired) electrons. The molecule has 0 bridgehead atoms. The lowest BCUT2D eigenvalue weighted by molar-refractivity contribution is 0.198. The van der Waals surface area contributed by atoms with Crippen molar-refractivity contribution >= 4 is 31.9 Å². The third-order valence-electron chi connectivity index (χ3n) is 1.85. The molecule has 0 amide bonds. The van der Waals surface area contributed by atoms with E-state index in [2.05, 4.69) is 36.8 Å². The van der Waals surface area contributed by atoms with Gasteiger partial charge < -0.3 is 4.74 Å². The van der Waals surface area contributed by atoms with Crippen molar-refractivity contribution in [2.45, 2.75) is 17.7 Å². The molecule has 14 heavy (non-hydrogen) atoms.